The summed E-state index contributed by atoms with van der Waals surface area (Å²) in [5, 5.41) is 3.56. The van der Waals surface area contributed by atoms with Gasteiger partial charge in [0.05, 0.1) is 11.3 Å². The van der Waals surface area contributed by atoms with Gasteiger partial charge in [-0.05, 0) is 37.8 Å². The molecule has 21 heavy (non-hydrogen) atoms. The Morgan fingerprint density at radius 2 is 2.10 bits per heavy atom. The molecule has 110 valence electrons. The number of amides is 1. The zero-order valence-corrected chi connectivity index (χ0v) is 13.3. The lowest BCUT2D eigenvalue weighted by molar-refractivity contribution is 0.102. The number of nitrogens with one attached hydrogen (secondary N) is 2. The Morgan fingerprint density at radius 3 is 2.90 bits per heavy atom. The average molecular weight is 319 g/mol. The molecule has 2 heterocycles. The Bertz CT molecular complexity index is 679. The van der Waals surface area contributed by atoms with E-state index < -0.39 is 0 Å². The van der Waals surface area contributed by atoms with Crippen LogP contribution in [0.25, 0.3) is 0 Å². The van der Waals surface area contributed by atoms with Crippen molar-refractivity contribution >= 4 is 34.6 Å². The summed E-state index contributed by atoms with van der Waals surface area (Å²) < 4.78 is 0.449. The summed E-state index contributed by atoms with van der Waals surface area (Å²) in [4.78, 5) is 21.0. The first kappa shape index (κ1) is 14.4. The molecule has 0 unspecified atom stereocenters. The highest BCUT2D eigenvalue weighted by atomic mass is 32.1. The minimum atomic E-state index is -0.196. The fraction of sp³-hybridized carbons (Fsp3) is 0.400. The lowest BCUT2D eigenvalue weighted by Crippen LogP contribution is -2.12. The number of aryl methyl sites for hydroxylation is 2. The van der Waals surface area contributed by atoms with Crippen LogP contribution in [0.1, 0.15) is 46.6 Å². The van der Waals surface area contributed by atoms with Crippen LogP contribution >= 0.6 is 23.6 Å². The van der Waals surface area contributed by atoms with Crippen molar-refractivity contribution in [3.05, 3.63) is 39.1 Å². The van der Waals surface area contributed by atoms with Crippen molar-refractivity contribution in [3.63, 3.8) is 0 Å². The molecule has 0 atom stereocenters. The highest BCUT2D eigenvalue weighted by Crippen LogP contribution is 2.28. The third-order valence-corrected chi connectivity index (χ3v) is 5.04. The Kier molecular flexibility index (Phi) is 4.45. The van der Waals surface area contributed by atoms with Gasteiger partial charge < -0.3 is 4.98 Å². The van der Waals surface area contributed by atoms with Crippen LogP contribution in [-0.4, -0.2) is 15.9 Å². The van der Waals surface area contributed by atoms with E-state index in [0.717, 1.165) is 18.5 Å². The number of hydrogen-bond acceptors (Lipinski definition) is 4. The van der Waals surface area contributed by atoms with Crippen molar-refractivity contribution in [1.29, 1.82) is 0 Å². The van der Waals surface area contributed by atoms with Crippen LogP contribution in [0.3, 0.4) is 0 Å². The van der Waals surface area contributed by atoms with Crippen LogP contribution in [0.15, 0.2) is 18.3 Å². The van der Waals surface area contributed by atoms with Gasteiger partial charge in [0.2, 0.25) is 0 Å². The molecule has 1 aliphatic rings. The SMILES string of the molecule is O=C(Nc1nc2c(s1)CCCCCC2)c1ccc[nH]c1=S. The predicted octanol–water partition coefficient (Wildman–Crippen LogP) is 4.11. The van der Waals surface area contributed by atoms with Crippen molar-refractivity contribution in [3.8, 4) is 0 Å². The van der Waals surface area contributed by atoms with Gasteiger partial charge in [0.1, 0.15) is 4.64 Å². The lowest BCUT2D eigenvalue weighted by Gasteiger charge is -2.06. The molecule has 2 aromatic heterocycles. The average Bonchev–Trinajstić information content (AvgIpc) is 2.80. The fourth-order valence-electron chi connectivity index (χ4n) is 2.52. The number of carbonyl (C=O) groups excluding carboxylic acids is 1. The molecule has 0 radical (unpaired) electrons. The first-order valence-electron chi connectivity index (χ1n) is 7.21. The third-order valence-electron chi connectivity index (χ3n) is 3.63. The van der Waals surface area contributed by atoms with Crippen molar-refractivity contribution in [2.45, 2.75) is 38.5 Å². The number of aromatic nitrogens is 2. The quantitative estimate of drug-likeness (QED) is 0.819. The number of anilines is 1. The van der Waals surface area contributed by atoms with E-state index in [1.807, 2.05) is 0 Å². The van der Waals surface area contributed by atoms with Gasteiger partial charge in [0.15, 0.2) is 5.13 Å². The first-order valence-corrected chi connectivity index (χ1v) is 8.44. The van der Waals surface area contributed by atoms with Gasteiger partial charge in [-0.2, -0.15) is 0 Å². The van der Waals surface area contributed by atoms with Gasteiger partial charge in [-0.15, -0.1) is 11.3 Å². The molecule has 2 aromatic rings. The van der Waals surface area contributed by atoms with Crippen LogP contribution in [0, 0.1) is 4.64 Å². The van der Waals surface area contributed by atoms with E-state index in [4.69, 9.17) is 12.2 Å². The molecular formula is C15H17N3OS2. The molecule has 0 fully saturated rings. The molecule has 0 spiro atoms. The van der Waals surface area contributed by atoms with Crippen LogP contribution in [0.4, 0.5) is 5.13 Å². The number of aromatic amines is 1. The maximum Gasteiger partial charge on any atom is 0.260 e. The van der Waals surface area contributed by atoms with Crippen LogP contribution in [-0.2, 0) is 12.8 Å². The van der Waals surface area contributed by atoms with Gasteiger partial charge in [0, 0.05) is 11.1 Å². The van der Waals surface area contributed by atoms with Crippen LogP contribution in [0.2, 0.25) is 0 Å². The van der Waals surface area contributed by atoms with E-state index in [1.54, 1.807) is 29.7 Å². The maximum atomic E-state index is 12.3. The molecule has 0 saturated carbocycles. The molecule has 1 amide bonds. The smallest absolute Gasteiger partial charge is 0.260 e. The molecule has 0 saturated heterocycles. The summed E-state index contributed by atoms with van der Waals surface area (Å²) in [6, 6.07) is 3.49. The lowest BCUT2D eigenvalue weighted by atomic mass is 10.0. The van der Waals surface area contributed by atoms with Gasteiger partial charge in [-0.25, -0.2) is 4.98 Å². The summed E-state index contributed by atoms with van der Waals surface area (Å²) in [5.41, 5.74) is 1.64. The zero-order valence-electron chi connectivity index (χ0n) is 11.6. The number of hydrogen-bond donors (Lipinski definition) is 2. The Balaban J connectivity index is 1.79. The maximum absolute atomic E-state index is 12.3. The molecule has 2 N–H and O–H groups in total. The van der Waals surface area contributed by atoms with Crippen molar-refractivity contribution < 1.29 is 4.79 Å². The minimum Gasteiger partial charge on any atom is -0.352 e. The fourth-order valence-corrected chi connectivity index (χ4v) is 3.80. The van der Waals surface area contributed by atoms with Crippen molar-refractivity contribution in [2.75, 3.05) is 5.32 Å². The highest BCUT2D eigenvalue weighted by molar-refractivity contribution is 7.71. The number of nitrogens with zero attached hydrogens (tertiary/aromatic N) is 1. The van der Waals surface area contributed by atoms with Crippen molar-refractivity contribution in [1.82, 2.24) is 9.97 Å². The number of rotatable bonds is 2. The Hall–Kier alpha value is -1.53. The third kappa shape index (κ3) is 3.39. The van der Waals surface area contributed by atoms with E-state index in [1.165, 1.54) is 30.6 Å². The van der Waals surface area contributed by atoms with Gasteiger partial charge in [-0.3, -0.25) is 10.1 Å². The molecule has 0 bridgehead atoms. The standard InChI is InChI=1S/C15H17N3OS2/c19-13(10-6-5-9-16-14(10)20)18-15-17-11-7-3-1-2-4-8-12(11)21-15/h5-6,9H,1-4,7-8H2,(H,16,20)(H,17,18,19). The second-order valence-electron chi connectivity index (χ2n) is 5.17. The van der Waals surface area contributed by atoms with Crippen molar-refractivity contribution in [2.24, 2.45) is 0 Å². The molecule has 0 aliphatic heterocycles. The highest BCUT2D eigenvalue weighted by Gasteiger charge is 2.15. The van der Waals surface area contributed by atoms with E-state index in [0.29, 0.717) is 15.3 Å². The van der Waals surface area contributed by atoms with Crippen LogP contribution in [0.5, 0.6) is 0 Å². The summed E-state index contributed by atoms with van der Waals surface area (Å²) >= 11 is 6.73. The summed E-state index contributed by atoms with van der Waals surface area (Å²) in [5.74, 6) is -0.196. The van der Waals surface area contributed by atoms with Gasteiger partial charge in [0.25, 0.3) is 5.91 Å². The number of pyridine rings is 1. The van der Waals surface area contributed by atoms with E-state index in [-0.39, 0.29) is 5.91 Å². The minimum absolute atomic E-state index is 0.196. The molecule has 1 aliphatic carbocycles. The monoisotopic (exact) mass is 319 g/mol. The number of fused-ring (bicyclic) bond motifs is 1. The molecule has 6 heteroatoms. The van der Waals surface area contributed by atoms with Crippen LogP contribution < -0.4 is 5.32 Å². The molecule has 4 nitrogen and oxygen atoms in total. The normalized spacial score (nSPS) is 14.9. The second-order valence-corrected chi connectivity index (χ2v) is 6.66. The van der Waals surface area contributed by atoms with Gasteiger partial charge in [-0.1, -0.05) is 25.1 Å². The summed E-state index contributed by atoms with van der Waals surface area (Å²) in [6.07, 6.45) is 8.78. The van der Waals surface area contributed by atoms with E-state index >= 15 is 0 Å². The Morgan fingerprint density at radius 1 is 1.29 bits per heavy atom. The predicted molar refractivity (Wildman–Crippen MR) is 87.6 cm³/mol. The molecule has 0 aromatic carbocycles. The molecular weight excluding hydrogens is 302 g/mol. The van der Waals surface area contributed by atoms with E-state index in [2.05, 4.69) is 15.3 Å². The Labute approximate surface area is 132 Å². The topological polar surface area (TPSA) is 57.8 Å². The summed E-state index contributed by atoms with van der Waals surface area (Å²) in [7, 11) is 0. The molecule has 3 rings (SSSR count). The number of H-pyrrole nitrogens is 1. The number of thiazole rings is 1. The number of carbonyl (C=O) groups is 1. The largest absolute Gasteiger partial charge is 0.352 e. The van der Waals surface area contributed by atoms with E-state index in [9.17, 15) is 4.79 Å². The first-order chi connectivity index (χ1) is 10.2. The zero-order chi connectivity index (χ0) is 14.7. The summed E-state index contributed by atoms with van der Waals surface area (Å²) in [6.45, 7) is 0. The second kappa shape index (κ2) is 6.49. The van der Waals surface area contributed by atoms with Gasteiger partial charge >= 0.3 is 0 Å².